The molecule has 0 aliphatic carbocycles. The third-order valence-electron chi connectivity index (χ3n) is 2.44. The minimum atomic E-state index is 0.919. The molecule has 0 bridgehead atoms. The summed E-state index contributed by atoms with van der Waals surface area (Å²) < 4.78 is 0. The molecule has 11 heavy (non-hydrogen) atoms. The van der Waals surface area contributed by atoms with Gasteiger partial charge < -0.3 is 5.32 Å². The van der Waals surface area contributed by atoms with Crippen molar-refractivity contribution in [2.75, 3.05) is 13.1 Å². The lowest BCUT2D eigenvalue weighted by molar-refractivity contribution is 0.404. The fraction of sp³-hybridized carbons (Fsp3) is 0.900. The number of hydrogen-bond acceptors (Lipinski definition) is 1. The molecule has 0 saturated carbocycles. The van der Waals surface area contributed by atoms with Gasteiger partial charge in [-0.25, -0.2) is 0 Å². The zero-order valence-corrected chi connectivity index (χ0v) is 7.60. The van der Waals surface area contributed by atoms with Crippen LogP contribution in [0.3, 0.4) is 0 Å². The van der Waals surface area contributed by atoms with Crippen LogP contribution < -0.4 is 5.32 Å². The molecule has 0 aromatic rings. The summed E-state index contributed by atoms with van der Waals surface area (Å²) >= 11 is 0. The molecule has 0 aromatic heterocycles. The van der Waals surface area contributed by atoms with Crippen molar-refractivity contribution in [1.29, 1.82) is 0 Å². The van der Waals surface area contributed by atoms with E-state index < -0.39 is 0 Å². The zero-order chi connectivity index (χ0) is 7.94. The second kappa shape index (κ2) is 5.59. The highest BCUT2D eigenvalue weighted by Gasteiger charge is 2.11. The fourth-order valence-electron chi connectivity index (χ4n) is 1.64. The van der Waals surface area contributed by atoms with Crippen LogP contribution in [0.2, 0.25) is 0 Å². The van der Waals surface area contributed by atoms with Crippen molar-refractivity contribution in [1.82, 2.24) is 5.32 Å². The van der Waals surface area contributed by atoms with Crippen LogP contribution in [0.1, 0.15) is 39.0 Å². The second-order valence-corrected chi connectivity index (χ2v) is 3.47. The highest BCUT2D eigenvalue weighted by atomic mass is 14.9. The Balaban J connectivity index is 1.96. The molecule has 1 fully saturated rings. The average Bonchev–Trinajstić information content (AvgIpc) is 2.07. The molecule has 1 heteroatoms. The first-order valence-corrected chi connectivity index (χ1v) is 4.97. The van der Waals surface area contributed by atoms with Gasteiger partial charge >= 0.3 is 0 Å². The Labute approximate surface area is 70.6 Å². The van der Waals surface area contributed by atoms with Crippen molar-refractivity contribution in [3.05, 3.63) is 6.42 Å². The Hall–Kier alpha value is -0.0400. The average molecular weight is 154 g/mol. The quantitative estimate of drug-likeness (QED) is 0.613. The molecule has 0 aromatic carbocycles. The second-order valence-electron chi connectivity index (χ2n) is 3.47. The van der Waals surface area contributed by atoms with Gasteiger partial charge in [-0.1, -0.05) is 19.8 Å². The van der Waals surface area contributed by atoms with E-state index in [2.05, 4.69) is 18.7 Å². The van der Waals surface area contributed by atoms with E-state index >= 15 is 0 Å². The van der Waals surface area contributed by atoms with Crippen molar-refractivity contribution in [2.45, 2.75) is 39.0 Å². The Morgan fingerprint density at radius 3 is 2.73 bits per heavy atom. The van der Waals surface area contributed by atoms with E-state index in [1.807, 2.05) is 0 Å². The summed E-state index contributed by atoms with van der Waals surface area (Å²) in [4.78, 5) is 0. The summed E-state index contributed by atoms with van der Waals surface area (Å²) in [6, 6.07) is 0. The summed E-state index contributed by atoms with van der Waals surface area (Å²) in [7, 11) is 0. The molecule has 0 atom stereocenters. The van der Waals surface area contributed by atoms with Crippen LogP contribution in [0, 0.1) is 12.3 Å². The minimum Gasteiger partial charge on any atom is -0.317 e. The van der Waals surface area contributed by atoms with Gasteiger partial charge in [-0.2, -0.15) is 0 Å². The lowest BCUT2D eigenvalue weighted by Crippen LogP contribution is -2.27. The number of unbranched alkanes of at least 4 members (excludes halogenated alkanes) is 2. The first-order valence-electron chi connectivity index (χ1n) is 4.97. The molecule has 0 spiro atoms. The van der Waals surface area contributed by atoms with Crippen molar-refractivity contribution in [3.63, 3.8) is 0 Å². The minimum absolute atomic E-state index is 0.919. The SMILES string of the molecule is CCCC[CH]C1CCNCC1. The van der Waals surface area contributed by atoms with E-state index in [-0.39, 0.29) is 0 Å². The third-order valence-corrected chi connectivity index (χ3v) is 2.44. The number of piperidine rings is 1. The van der Waals surface area contributed by atoms with E-state index in [1.165, 1.54) is 45.2 Å². The Kier molecular flexibility index (Phi) is 4.60. The predicted molar refractivity (Wildman–Crippen MR) is 49.4 cm³/mol. The third kappa shape index (κ3) is 3.76. The molecule has 1 nitrogen and oxygen atoms in total. The summed E-state index contributed by atoms with van der Waals surface area (Å²) in [5.41, 5.74) is 0. The van der Waals surface area contributed by atoms with Gasteiger partial charge in [-0.15, -0.1) is 0 Å². The summed E-state index contributed by atoms with van der Waals surface area (Å²) in [6.07, 6.45) is 9.31. The summed E-state index contributed by atoms with van der Waals surface area (Å²) in [5, 5.41) is 3.39. The molecule has 1 aliphatic rings. The van der Waals surface area contributed by atoms with Crippen LogP contribution in [0.4, 0.5) is 0 Å². The van der Waals surface area contributed by atoms with Crippen molar-refractivity contribution in [2.24, 2.45) is 5.92 Å². The highest BCUT2D eigenvalue weighted by Crippen LogP contribution is 2.17. The zero-order valence-electron chi connectivity index (χ0n) is 7.60. The van der Waals surface area contributed by atoms with Crippen molar-refractivity contribution < 1.29 is 0 Å². The summed E-state index contributed by atoms with van der Waals surface area (Å²) in [6.45, 7) is 4.72. The van der Waals surface area contributed by atoms with Crippen molar-refractivity contribution >= 4 is 0 Å². The van der Waals surface area contributed by atoms with Gasteiger partial charge in [0.25, 0.3) is 0 Å². The maximum Gasteiger partial charge on any atom is -0.00462 e. The molecule has 1 heterocycles. The molecule has 1 aliphatic heterocycles. The van der Waals surface area contributed by atoms with E-state index in [0.29, 0.717) is 0 Å². The topological polar surface area (TPSA) is 12.0 Å². The number of rotatable bonds is 4. The van der Waals surface area contributed by atoms with Crippen LogP contribution in [-0.4, -0.2) is 13.1 Å². The van der Waals surface area contributed by atoms with E-state index in [0.717, 1.165) is 5.92 Å². The normalized spacial score (nSPS) is 20.5. The predicted octanol–water partition coefficient (Wildman–Crippen LogP) is 2.38. The fourth-order valence-corrected chi connectivity index (χ4v) is 1.64. The van der Waals surface area contributed by atoms with Gasteiger partial charge in [0.05, 0.1) is 0 Å². The Bertz CT molecular complexity index is 84.9. The standard InChI is InChI=1S/C10H20N/c1-2-3-4-5-10-6-8-11-9-7-10/h5,10-11H,2-4,6-9H2,1H3. The maximum absolute atomic E-state index is 3.39. The highest BCUT2D eigenvalue weighted by molar-refractivity contribution is 4.80. The smallest absolute Gasteiger partial charge is 0.00462 e. The number of nitrogens with one attached hydrogen (secondary N) is 1. The molecule has 65 valence electrons. The molecule has 1 saturated heterocycles. The molecule has 1 rings (SSSR count). The van der Waals surface area contributed by atoms with Crippen LogP contribution >= 0.6 is 0 Å². The monoisotopic (exact) mass is 154 g/mol. The van der Waals surface area contributed by atoms with Crippen LogP contribution in [0.25, 0.3) is 0 Å². The summed E-state index contributed by atoms with van der Waals surface area (Å²) in [5.74, 6) is 0.919. The van der Waals surface area contributed by atoms with Crippen LogP contribution in [-0.2, 0) is 0 Å². The molecule has 0 unspecified atom stereocenters. The molecular weight excluding hydrogens is 134 g/mol. The van der Waals surface area contributed by atoms with Gasteiger partial charge in [-0.05, 0) is 44.7 Å². The van der Waals surface area contributed by atoms with E-state index in [9.17, 15) is 0 Å². The van der Waals surface area contributed by atoms with Crippen LogP contribution in [0.15, 0.2) is 0 Å². The maximum atomic E-state index is 3.39. The van der Waals surface area contributed by atoms with Crippen molar-refractivity contribution in [3.8, 4) is 0 Å². The van der Waals surface area contributed by atoms with Gasteiger partial charge in [0.1, 0.15) is 0 Å². The van der Waals surface area contributed by atoms with Crippen LogP contribution in [0.5, 0.6) is 0 Å². The molecule has 0 amide bonds. The van der Waals surface area contributed by atoms with Gasteiger partial charge in [0.15, 0.2) is 0 Å². The number of hydrogen-bond donors (Lipinski definition) is 1. The van der Waals surface area contributed by atoms with E-state index in [1.54, 1.807) is 0 Å². The molecular formula is C10H20N. The van der Waals surface area contributed by atoms with Gasteiger partial charge in [0, 0.05) is 0 Å². The lowest BCUT2D eigenvalue weighted by Gasteiger charge is -2.21. The Morgan fingerprint density at radius 2 is 2.09 bits per heavy atom. The largest absolute Gasteiger partial charge is 0.317 e. The van der Waals surface area contributed by atoms with Gasteiger partial charge in [0.2, 0.25) is 0 Å². The first-order chi connectivity index (χ1) is 5.43. The van der Waals surface area contributed by atoms with E-state index in [4.69, 9.17) is 0 Å². The lowest BCUT2D eigenvalue weighted by atomic mass is 9.92. The first kappa shape index (κ1) is 9.05. The molecule has 1 N–H and O–H groups in total. The molecule has 1 radical (unpaired) electrons. The van der Waals surface area contributed by atoms with Gasteiger partial charge in [-0.3, -0.25) is 0 Å². The Morgan fingerprint density at radius 1 is 1.36 bits per heavy atom.